The highest BCUT2D eigenvalue weighted by Gasteiger charge is 2.46. The average Bonchev–Trinajstić information content (AvgIpc) is 2.34. The molecule has 1 aromatic rings. The predicted octanol–water partition coefficient (Wildman–Crippen LogP) is 3.61. The summed E-state index contributed by atoms with van der Waals surface area (Å²) < 4.78 is 0. The number of nitrogens with one attached hydrogen (secondary N) is 1. The van der Waals surface area contributed by atoms with Crippen molar-refractivity contribution in [3.05, 3.63) is 29.3 Å². The molecular weight excluding hydrogens is 264 g/mol. The van der Waals surface area contributed by atoms with Crippen molar-refractivity contribution >= 4 is 29.1 Å². The molecule has 1 atom stereocenters. The second-order valence-electron chi connectivity index (χ2n) is 5.58. The van der Waals surface area contributed by atoms with Gasteiger partial charge < -0.3 is 11.1 Å². The number of para-hydroxylation sites is 1. The molecule has 0 saturated carbocycles. The van der Waals surface area contributed by atoms with Gasteiger partial charge in [-0.3, -0.25) is 0 Å². The van der Waals surface area contributed by atoms with E-state index >= 15 is 0 Å². The molecule has 2 nitrogen and oxygen atoms in total. The topological polar surface area (TPSA) is 38.0 Å². The lowest BCUT2D eigenvalue weighted by atomic mass is 9.70. The van der Waals surface area contributed by atoms with Crippen molar-refractivity contribution in [1.29, 1.82) is 0 Å². The van der Waals surface area contributed by atoms with Crippen LogP contribution < -0.4 is 11.1 Å². The van der Waals surface area contributed by atoms with Gasteiger partial charge in [-0.05, 0) is 29.7 Å². The third kappa shape index (κ3) is 2.49. The second kappa shape index (κ2) is 5.32. The van der Waals surface area contributed by atoms with E-state index in [1.807, 2.05) is 36.0 Å². The summed E-state index contributed by atoms with van der Waals surface area (Å²) in [5.74, 6) is 2.24. The Labute approximate surface area is 119 Å². The number of hydrogen-bond acceptors (Lipinski definition) is 3. The highest BCUT2D eigenvalue weighted by molar-refractivity contribution is 7.99. The Morgan fingerprint density at radius 1 is 1.39 bits per heavy atom. The fraction of sp³-hybridized carbons (Fsp3) is 0.571. The number of halogens is 1. The molecule has 1 aliphatic rings. The summed E-state index contributed by atoms with van der Waals surface area (Å²) in [6.07, 6.45) is 1.17. The Morgan fingerprint density at radius 2 is 2.11 bits per heavy atom. The van der Waals surface area contributed by atoms with Crippen molar-refractivity contribution in [2.75, 3.05) is 23.4 Å². The van der Waals surface area contributed by atoms with E-state index in [9.17, 15) is 0 Å². The fourth-order valence-corrected chi connectivity index (χ4v) is 4.33. The number of benzene rings is 1. The summed E-state index contributed by atoms with van der Waals surface area (Å²) in [5.41, 5.74) is 7.17. The third-order valence-electron chi connectivity index (χ3n) is 4.11. The first-order valence-electron chi connectivity index (χ1n) is 6.31. The van der Waals surface area contributed by atoms with E-state index in [4.69, 9.17) is 17.3 Å². The van der Waals surface area contributed by atoms with Gasteiger partial charge >= 0.3 is 0 Å². The van der Waals surface area contributed by atoms with Crippen molar-refractivity contribution < 1.29 is 0 Å². The maximum atomic E-state index is 6.25. The minimum Gasteiger partial charge on any atom is -0.376 e. The lowest BCUT2D eigenvalue weighted by Gasteiger charge is -2.50. The summed E-state index contributed by atoms with van der Waals surface area (Å²) in [5, 5.41) is 4.39. The molecule has 0 bridgehead atoms. The average molecular weight is 285 g/mol. The summed E-state index contributed by atoms with van der Waals surface area (Å²) in [6, 6.07) is 7.89. The van der Waals surface area contributed by atoms with Gasteiger partial charge in [0.25, 0.3) is 0 Å². The molecule has 1 fully saturated rings. The molecule has 0 aliphatic carbocycles. The third-order valence-corrected chi connectivity index (χ3v) is 5.63. The van der Waals surface area contributed by atoms with E-state index in [0.29, 0.717) is 6.54 Å². The van der Waals surface area contributed by atoms with Gasteiger partial charge in [0, 0.05) is 12.3 Å². The molecule has 0 spiro atoms. The van der Waals surface area contributed by atoms with Crippen LogP contribution in [0, 0.1) is 5.41 Å². The first-order chi connectivity index (χ1) is 8.51. The van der Waals surface area contributed by atoms with Crippen LogP contribution in [0.5, 0.6) is 0 Å². The summed E-state index contributed by atoms with van der Waals surface area (Å²) in [4.78, 5) is 0. The van der Waals surface area contributed by atoms with Gasteiger partial charge in [-0.25, -0.2) is 0 Å². The molecule has 4 heteroatoms. The normalized spacial score (nSPS) is 26.9. The first kappa shape index (κ1) is 14.0. The molecule has 1 unspecified atom stereocenters. The molecule has 1 saturated heterocycles. The van der Waals surface area contributed by atoms with Gasteiger partial charge in [-0.15, -0.1) is 0 Å². The zero-order valence-electron chi connectivity index (χ0n) is 11.0. The van der Waals surface area contributed by atoms with E-state index in [2.05, 4.69) is 19.2 Å². The number of nitrogens with two attached hydrogens (primary N) is 1. The van der Waals surface area contributed by atoms with E-state index in [1.54, 1.807) is 0 Å². The predicted molar refractivity (Wildman–Crippen MR) is 82.6 cm³/mol. The van der Waals surface area contributed by atoms with Crippen LogP contribution in [0.15, 0.2) is 24.3 Å². The zero-order chi connectivity index (χ0) is 13.2. The summed E-state index contributed by atoms with van der Waals surface area (Å²) in [6.45, 7) is 5.21. The van der Waals surface area contributed by atoms with Crippen LogP contribution in [-0.2, 0) is 0 Å². The van der Waals surface area contributed by atoms with Gasteiger partial charge in [0.15, 0.2) is 0 Å². The molecule has 1 heterocycles. The Balaban J connectivity index is 2.30. The van der Waals surface area contributed by atoms with Gasteiger partial charge in [0.1, 0.15) is 0 Å². The molecule has 18 heavy (non-hydrogen) atoms. The largest absolute Gasteiger partial charge is 0.376 e. The van der Waals surface area contributed by atoms with Gasteiger partial charge in [-0.2, -0.15) is 11.8 Å². The highest BCUT2D eigenvalue weighted by Crippen LogP contribution is 2.44. The Kier molecular flexibility index (Phi) is 4.15. The van der Waals surface area contributed by atoms with E-state index in [1.165, 1.54) is 12.2 Å². The second-order valence-corrected chi connectivity index (χ2v) is 7.09. The standard InChI is InChI=1S/C14H21ClN2S/c1-13(2)7-8-18-10-14(13,9-16)17-12-6-4-3-5-11(12)15/h3-6,17H,7-10,16H2,1-2H3. The van der Waals surface area contributed by atoms with Crippen molar-refractivity contribution in [2.24, 2.45) is 11.1 Å². The quantitative estimate of drug-likeness (QED) is 0.890. The summed E-state index contributed by atoms with van der Waals surface area (Å²) in [7, 11) is 0. The van der Waals surface area contributed by atoms with Crippen LogP contribution >= 0.6 is 23.4 Å². The SMILES string of the molecule is CC1(C)CCSCC1(CN)Nc1ccccc1Cl. The van der Waals surface area contributed by atoms with Crippen molar-refractivity contribution in [3.8, 4) is 0 Å². The van der Waals surface area contributed by atoms with Crippen molar-refractivity contribution in [1.82, 2.24) is 0 Å². The van der Waals surface area contributed by atoms with Crippen LogP contribution in [0.25, 0.3) is 0 Å². The van der Waals surface area contributed by atoms with Crippen LogP contribution in [0.4, 0.5) is 5.69 Å². The van der Waals surface area contributed by atoms with Crippen LogP contribution in [0.2, 0.25) is 5.02 Å². The number of rotatable bonds is 3. The van der Waals surface area contributed by atoms with E-state index < -0.39 is 0 Å². The minimum absolute atomic E-state index is 0.0824. The molecule has 3 N–H and O–H groups in total. The molecule has 2 rings (SSSR count). The summed E-state index contributed by atoms with van der Waals surface area (Å²) >= 11 is 8.21. The molecule has 100 valence electrons. The van der Waals surface area contributed by atoms with E-state index in [-0.39, 0.29) is 11.0 Å². The van der Waals surface area contributed by atoms with Crippen molar-refractivity contribution in [2.45, 2.75) is 25.8 Å². The molecule has 0 radical (unpaired) electrons. The van der Waals surface area contributed by atoms with Crippen LogP contribution in [-0.4, -0.2) is 23.6 Å². The number of hydrogen-bond donors (Lipinski definition) is 2. The molecule has 1 aliphatic heterocycles. The fourth-order valence-electron chi connectivity index (χ4n) is 2.42. The Hall–Kier alpha value is -0.380. The highest BCUT2D eigenvalue weighted by atomic mass is 35.5. The first-order valence-corrected chi connectivity index (χ1v) is 7.85. The van der Waals surface area contributed by atoms with Gasteiger partial charge in [-0.1, -0.05) is 37.6 Å². The monoisotopic (exact) mass is 284 g/mol. The molecule has 1 aromatic carbocycles. The minimum atomic E-state index is -0.0824. The maximum absolute atomic E-state index is 6.25. The lowest BCUT2D eigenvalue weighted by molar-refractivity contribution is 0.203. The molecule has 0 amide bonds. The zero-order valence-corrected chi connectivity index (χ0v) is 12.6. The maximum Gasteiger partial charge on any atom is 0.0637 e. The molecule has 0 aromatic heterocycles. The van der Waals surface area contributed by atoms with Gasteiger partial charge in [0.2, 0.25) is 0 Å². The lowest BCUT2D eigenvalue weighted by Crippen LogP contribution is -2.60. The van der Waals surface area contributed by atoms with Crippen LogP contribution in [0.3, 0.4) is 0 Å². The smallest absolute Gasteiger partial charge is 0.0637 e. The number of thioether (sulfide) groups is 1. The van der Waals surface area contributed by atoms with Crippen LogP contribution in [0.1, 0.15) is 20.3 Å². The Morgan fingerprint density at radius 3 is 2.72 bits per heavy atom. The van der Waals surface area contributed by atoms with Gasteiger partial charge in [0.05, 0.1) is 16.2 Å². The number of anilines is 1. The Bertz CT molecular complexity index is 422. The van der Waals surface area contributed by atoms with Crippen molar-refractivity contribution in [3.63, 3.8) is 0 Å². The molecular formula is C14H21ClN2S. The van der Waals surface area contributed by atoms with E-state index in [0.717, 1.165) is 16.5 Å².